The SMILES string of the molecule is CCOc1cccc(C2/C(=C(/O)c3c[nH]c4ccccc34)C(=O)C(=O)N2c2cccc(C)c2)c1. The number of carbonyl (C=O) groups is 2. The van der Waals surface area contributed by atoms with Crippen molar-refractivity contribution in [3.8, 4) is 5.75 Å². The summed E-state index contributed by atoms with van der Waals surface area (Å²) in [5.74, 6) is -0.991. The molecule has 0 bridgehead atoms. The molecular weight excluding hydrogens is 428 g/mol. The molecule has 5 rings (SSSR count). The molecule has 170 valence electrons. The number of Topliss-reactive ketones (excluding diaryl/α,β-unsaturated/α-hetero) is 1. The molecule has 1 aliphatic heterocycles. The van der Waals surface area contributed by atoms with E-state index >= 15 is 0 Å². The Kier molecular flexibility index (Phi) is 5.42. The molecule has 1 aliphatic rings. The summed E-state index contributed by atoms with van der Waals surface area (Å²) in [6, 6.07) is 21.4. The van der Waals surface area contributed by atoms with Crippen LogP contribution in [0.3, 0.4) is 0 Å². The highest BCUT2D eigenvalue weighted by Crippen LogP contribution is 2.43. The third-order valence-electron chi connectivity index (χ3n) is 6.05. The van der Waals surface area contributed by atoms with Crippen LogP contribution in [0, 0.1) is 6.92 Å². The van der Waals surface area contributed by atoms with Gasteiger partial charge in [-0.3, -0.25) is 14.5 Å². The molecule has 34 heavy (non-hydrogen) atoms. The molecule has 1 fully saturated rings. The minimum atomic E-state index is -0.809. The summed E-state index contributed by atoms with van der Waals surface area (Å²) < 4.78 is 5.67. The number of fused-ring (bicyclic) bond motifs is 1. The van der Waals surface area contributed by atoms with Gasteiger partial charge in [-0.15, -0.1) is 0 Å². The van der Waals surface area contributed by atoms with E-state index in [1.165, 1.54) is 4.90 Å². The van der Waals surface area contributed by atoms with Crippen LogP contribution in [0.4, 0.5) is 5.69 Å². The molecule has 2 N–H and O–H groups in total. The number of anilines is 1. The zero-order valence-corrected chi connectivity index (χ0v) is 18.9. The summed E-state index contributed by atoms with van der Waals surface area (Å²) >= 11 is 0. The Balaban J connectivity index is 1.75. The number of aromatic amines is 1. The van der Waals surface area contributed by atoms with Crippen molar-refractivity contribution in [2.45, 2.75) is 19.9 Å². The summed E-state index contributed by atoms with van der Waals surface area (Å²) in [5, 5.41) is 12.2. The zero-order valence-electron chi connectivity index (χ0n) is 18.9. The Morgan fingerprint density at radius 3 is 2.62 bits per heavy atom. The van der Waals surface area contributed by atoms with E-state index in [1.54, 1.807) is 12.3 Å². The summed E-state index contributed by atoms with van der Waals surface area (Å²) in [5.41, 5.74) is 3.57. The van der Waals surface area contributed by atoms with Gasteiger partial charge in [-0.2, -0.15) is 0 Å². The Bertz CT molecular complexity index is 1450. The van der Waals surface area contributed by atoms with Crippen LogP contribution in [0.15, 0.2) is 84.6 Å². The number of aromatic nitrogens is 1. The monoisotopic (exact) mass is 452 g/mol. The van der Waals surface area contributed by atoms with E-state index in [-0.39, 0.29) is 11.3 Å². The van der Waals surface area contributed by atoms with Gasteiger partial charge in [0.25, 0.3) is 11.7 Å². The number of nitrogens with one attached hydrogen (secondary N) is 1. The highest BCUT2D eigenvalue weighted by atomic mass is 16.5. The quantitative estimate of drug-likeness (QED) is 0.238. The lowest BCUT2D eigenvalue weighted by molar-refractivity contribution is -0.132. The number of carbonyl (C=O) groups excluding carboxylic acids is 2. The molecule has 0 radical (unpaired) electrons. The second-order valence-electron chi connectivity index (χ2n) is 8.26. The molecule has 3 aromatic carbocycles. The van der Waals surface area contributed by atoms with Gasteiger partial charge in [0.05, 0.1) is 18.2 Å². The van der Waals surface area contributed by atoms with Crippen LogP contribution in [0.1, 0.15) is 29.7 Å². The second-order valence-corrected chi connectivity index (χ2v) is 8.26. The molecule has 0 spiro atoms. The molecule has 6 nitrogen and oxygen atoms in total. The molecule has 1 amide bonds. The van der Waals surface area contributed by atoms with Crippen molar-refractivity contribution in [3.63, 3.8) is 0 Å². The van der Waals surface area contributed by atoms with Gasteiger partial charge in [0.1, 0.15) is 11.5 Å². The van der Waals surface area contributed by atoms with Gasteiger partial charge >= 0.3 is 0 Å². The van der Waals surface area contributed by atoms with E-state index in [0.29, 0.717) is 29.2 Å². The fourth-order valence-electron chi connectivity index (χ4n) is 4.55. The Morgan fingerprint density at radius 1 is 1.03 bits per heavy atom. The average molecular weight is 453 g/mol. The number of aliphatic hydroxyl groups is 1. The summed E-state index contributed by atoms with van der Waals surface area (Å²) in [6.45, 7) is 4.30. The number of rotatable bonds is 5. The number of amides is 1. The zero-order chi connectivity index (χ0) is 23.8. The maximum absolute atomic E-state index is 13.4. The minimum absolute atomic E-state index is 0.0462. The molecule has 0 saturated carbocycles. The van der Waals surface area contributed by atoms with Crippen LogP contribution in [-0.4, -0.2) is 28.4 Å². The van der Waals surface area contributed by atoms with Crippen molar-refractivity contribution in [2.75, 3.05) is 11.5 Å². The normalized spacial score (nSPS) is 17.5. The molecule has 1 atom stereocenters. The van der Waals surface area contributed by atoms with Gasteiger partial charge in [-0.05, 0) is 55.3 Å². The van der Waals surface area contributed by atoms with E-state index in [2.05, 4.69) is 4.98 Å². The van der Waals surface area contributed by atoms with Crippen LogP contribution < -0.4 is 9.64 Å². The molecule has 1 aromatic heterocycles. The number of hydrogen-bond donors (Lipinski definition) is 2. The first-order valence-corrected chi connectivity index (χ1v) is 11.2. The third-order valence-corrected chi connectivity index (χ3v) is 6.05. The number of hydrogen-bond acceptors (Lipinski definition) is 4. The van der Waals surface area contributed by atoms with Crippen molar-refractivity contribution >= 4 is 34.0 Å². The molecule has 1 unspecified atom stereocenters. The van der Waals surface area contributed by atoms with E-state index in [0.717, 1.165) is 16.5 Å². The molecular formula is C28H24N2O4. The number of nitrogens with zero attached hydrogens (tertiary/aromatic N) is 1. The smallest absolute Gasteiger partial charge is 0.300 e. The van der Waals surface area contributed by atoms with Crippen LogP contribution in [0.25, 0.3) is 16.7 Å². The van der Waals surface area contributed by atoms with Crippen LogP contribution in [0.5, 0.6) is 5.75 Å². The van der Waals surface area contributed by atoms with E-state index in [4.69, 9.17) is 4.74 Å². The van der Waals surface area contributed by atoms with Crippen LogP contribution in [-0.2, 0) is 9.59 Å². The van der Waals surface area contributed by atoms with Gasteiger partial charge < -0.3 is 14.8 Å². The Morgan fingerprint density at radius 2 is 1.82 bits per heavy atom. The molecule has 0 aliphatic carbocycles. The first-order valence-electron chi connectivity index (χ1n) is 11.2. The average Bonchev–Trinajstić information content (AvgIpc) is 3.38. The van der Waals surface area contributed by atoms with Gasteiger partial charge in [0, 0.05) is 28.4 Å². The van der Waals surface area contributed by atoms with E-state index < -0.39 is 17.7 Å². The fraction of sp³-hybridized carbons (Fsp3) is 0.143. The lowest BCUT2D eigenvalue weighted by Crippen LogP contribution is -2.29. The number of aryl methyl sites for hydroxylation is 1. The third kappa shape index (κ3) is 3.53. The Hall–Kier alpha value is -4.32. The van der Waals surface area contributed by atoms with Gasteiger partial charge in [-0.25, -0.2) is 0 Å². The summed E-state index contributed by atoms with van der Waals surface area (Å²) in [4.78, 5) is 31.3. The Labute approximate surface area is 197 Å². The van der Waals surface area contributed by atoms with E-state index in [9.17, 15) is 14.7 Å². The highest BCUT2D eigenvalue weighted by Gasteiger charge is 2.47. The topological polar surface area (TPSA) is 82.6 Å². The predicted octanol–water partition coefficient (Wildman–Crippen LogP) is 5.50. The fourth-order valence-corrected chi connectivity index (χ4v) is 4.55. The molecule has 4 aromatic rings. The van der Waals surface area contributed by atoms with Crippen molar-refractivity contribution in [2.24, 2.45) is 0 Å². The molecule has 6 heteroatoms. The lowest BCUT2D eigenvalue weighted by atomic mass is 9.94. The van der Waals surface area contributed by atoms with E-state index in [1.807, 2.05) is 80.6 Å². The number of benzene rings is 3. The van der Waals surface area contributed by atoms with Crippen LogP contribution in [0.2, 0.25) is 0 Å². The van der Waals surface area contributed by atoms with Gasteiger partial charge in [0.2, 0.25) is 0 Å². The predicted molar refractivity (Wildman–Crippen MR) is 132 cm³/mol. The number of para-hydroxylation sites is 1. The second kappa shape index (κ2) is 8.56. The minimum Gasteiger partial charge on any atom is -0.507 e. The number of aliphatic hydroxyl groups excluding tert-OH is 1. The molecule has 1 saturated heterocycles. The van der Waals surface area contributed by atoms with Crippen LogP contribution >= 0.6 is 0 Å². The maximum atomic E-state index is 13.4. The molecule has 2 heterocycles. The number of H-pyrrole nitrogens is 1. The van der Waals surface area contributed by atoms with Crippen molar-refractivity contribution < 1.29 is 19.4 Å². The number of ether oxygens (including phenoxy) is 1. The first-order chi connectivity index (χ1) is 16.5. The van der Waals surface area contributed by atoms with Gasteiger partial charge in [-0.1, -0.05) is 42.5 Å². The summed E-state index contributed by atoms with van der Waals surface area (Å²) in [7, 11) is 0. The number of ketones is 1. The lowest BCUT2D eigenvalue weighted by Gasteiger charge is -2.26. The largest absolute Gasteiger partial charge is 0.507 e. The maximum Gasteiger partial charge on any atom is 0.300 e. The van der Waals surface area contributed by atoms with Crippen molar-refractivity contribution in [3.05, 3.63) is 101 Å². The van der Waals surface area contributed by atoms with Crippen molar-refractivity contribution in [1.82, 2.24) is 4.98 Å². The van der Waals surface area contributed by atoms with Gasteiger partial charge in [0.15, 0.2) is 0 Å². The first kappa shape index (κ1) is 21.5. The van der Waals surface area contributed by atoms with Crippen molar-refractivity contribution in [1.29, 1.82) is 0 Å². The standard InChI is InChI=1S/C28H24N2O4/c1-3-34-20-11-7-9-18(15-20)25-24(26(31)22-16-29-23-13-5-4-12-21(22)23)27(32)28(33)30(25)19-10-6-8-17(2)14-19/h4-16,25,29,31H,3H2,1-2H3/b26-24-. The summed E-state index contributed by atoms with van der Waals surface area (Å²) in [6.07, 6.45) is 1.66. The highest BCUT2D eigenvalue weighted by molar-refractivity contribution is 6.51.